The number of nitrogens with one attached hydrogen (secondary N) is 1. The van der Waals surface area contributed by atoms with Crippen molar-refractivity contribution in [3.05, 3.63) is 21.7 Å². The monoisotopic (exact) mass is 506 g/mol. The van der Waals surface area contributed by atoms with Gasteiger partial charge in [0.2, 0.25) is 5.91 Å². The average Bonchev–Trinajstić information content (AvgIpc) is 3.46. The number of epoxide rings is 1. The molecule has 2 saturated heterocycles. The van der Waals surface area contributed by atoms with Gasteiger partial charge < -0.3 is 20.3 Å². The van der Waals surface area contributed by atoms with Crippen LogP contribution in [0.4, 0.5) is 0 Å². The van der Waals surface area contributed by atoms with E-state index in [0.717, 1.165) is 35.5 Å². The van der Waals surface area contributed by atoms with Crippen LogP contribution in [0.1, 0.15) is 77.9 Å². The van der Waals surface area contributed by atoms with Crippen LogP contribution in [-0.4, -0.2) is 57.3 Å². The molecule has 1 aromatic heterocycles. The highest BCUT2D eigenvalue weighted by Crippen LogP contribution is 2.38. The number of Topliss-reactive ketones (excluding diaryl/α,β-unsaturated/α-hetero) is 1. The molecule has 2 fully saturated rings. The van der Waals surface area contributed by atoms with E-state index in [2.05, 4.69) is 17.2 Å². The third-order valence-corrected chi connectivity index (χ3v) is 8.78. The topological polar surface area (TPSA) is 112 Å². The molecule has 0 bridgehead atoms. The van der Waals surface area contributed by atoms with Gasteiger partial charge in [0.15, 0.2) is 0 Å². The van der Waals surface area contributed by atoms with Crippen molar-refractivity contribution in [2.75, 3.05) is 0 Å². The van der Waals surface area contributed by atoms with Gasteiger partial charge in [0, 0.05) is 17.2 Å². The summed E-state index contributed by atoms with van der Waals surface area (Å²) in [6.07, 6.45) is 2.57. The van der Waals surface area contributed by atoms with Crippen molar-refractivity contribution in [2.24, 2.45) is 23.2 Å². The predicted molar refractivity (Wildman–Crippen MR) is 138 cm³/mol. The van der Waals surface area contributed by atoms with Crippen LogP contribution in [0.2, 0.25) is 0 Å². The largest absolute Gasteiger partial charge is 0.392 e. The fraction of sp³-hybridized carbons (Fsp3) is 0.741. The van der Waals surface area contributed by atoms with Gasteiger partial charge in [-0.15, -0.1) is 11.3 Å². The fourth-order valence-corrected chi connectivity index (χ4v) is 5.91. The van der Waals surface area contributed by atoms with Crippen LogP contribution in [0, 0.1) is 30.1 Å². The number of ketones is 1. The molecule has 3 rings (SSSR count). The molecule has 1 amide bonds. The molecule has 2 aliphatic rings. The van der Waals surface area contributed by atoms with E-state index in [9.17, 15) is 19.8 Å². The molecule has 35 heavy (non-hydrogen) atoms. The third-order valence-electron chi connectivity index (χ3n) is 7.99. The number of ether oxygens (including phenoxy) is 1. The number of amides is 1. The van der Waals surface area contributed by atoms with Gasteiger partial charge in [-0.05, 0) is 44.3 Å². The van der Waals surface area contributed by atoms with Gasteiger partial charge in [-0.2, -0.15) is 0 Å². The normalized spacial score (nSPS) is 37.5. The average molecular weight is 507 g/mol. The highest BCUT2D eigenvalue weighted by atomic mass is 32.1. The highest BCUT2D eigenvalue weighted by Gasteiger charge is 2.47. The second kappa shape index (κ2) is 11.2. The van der Waals surface area contributed by atoms with Crippen molar-refractivity contribution < 1.29 is 24.5 Å². The summed E-state index contributed by atoms with van der Waals surface area (Å²) in [5, 5.41) is 27.8. The highest BCUT2D eigenvalue weighted by molar-refractivity contribution is 7.09. The van der Waals surface area contributed by atoms with Gasteiger partial charge in [-0.1, -0.05) is 41.0 Å². The summed E-state index contributed by atoms with van der Waals surface area (Å²) < 4.78 is 6.02. The van der Waals surface area contributed by atoms with Gasteiger partial charge in [0.25, 0.3) is 0 Å². The number of carbonyl (C=O) groups is 2. The molecule has 0 aliphatic carbocycles. The summed E-state index contributed by atoms with van der Waals surface area (Å²) in [4.78, 5) is 30.9. The summed E-state index contributed by atoms with van der Waals surface area (Å²) >= 11 is 1.58. The maximum absolute atomic E-state index is 13.2. The van der Waals surface area contributed by atoms with Crippen molar-refractivity contribution >= 4 is 29.1 Å². The minimum absolute atomic E-state index is 0.0302. The number of hydrogen-bond acceptors (Lipinski definition) is 7. The van der Waals surface area contributed by atoms with Crippen molar-refractivity contribution in [3.63, 3.8) is 0 Å². The van der Waals surface area contributed by atoms with E-state index in [-0.39, 0.29) is 48.2 Å². The van der Waals surface area contributed by atoms with Crippen molar-refractivity contribution in [1.82, 2.24) is 10.3 Å². The van der Waals surface area contributed by atoms with Gasteiger partial charge in [0.1, 0.15) is 5.78 Å². The molecule has 8 atom stereocenters. The number of rotatable bonds is 2. The molecule has 0 spiro atoms. The van der Waals surface area contributed by atoms with E-state index in [0.29, 0.717) is 0 Å². The number of thiazole rings is 1. The number of fused-ring (bicyclic) bond motifs is 1. The Morgan fingerprint density at radius 1 is 1.23 bits per heavy atom. The van der Waals surface area contributed by atoms with Crippen LogP contribution in [0.5, 0.6) is 0 Å². The summed E-state index contributed by atoms with van der Waals surface area (Å²) in [5.74, 6) is -1.19. The second-order valence-corrected chi connectivity index (χ2v) is 12.3. The number of carbonyl (C=O) groups excluding carboxylic acids is 2. The lowest BCUT2D eigenvalue weighted by Gasteiger charge is -2.35. The maximum atomic E-state index is 13.2. The van der Waals surface area contributed by atoms with Crippen LogP contribution in [0.25, 0.3) is 6.08 Å². The number of aryl methyl sites for hydroxylation is 1. The zero-order chi connectivity index (χ0) is 26.1. The Kier molecular flexibility index (Phi) is 8.95. The van der Waals surface area contributed by atoms with Crippen LogP contribution >= 0.6 is 11.3 Å². The van der Waals surface area contributed by atoms with E-state index in [1.165, 1.54) is 0 Å². The van der Waals surface area contributed by atoms with Crippen molar-refractivity contribution in [2.45, 2.75) is 105 Å². The minimum atomic E-state index is -1.17. The first-order valence-electron chi connectivity index (χ1n) is 12.8. The Morgan fingerprint density at radius 3 is 2.54 bits per heavy atom. The molecule has 0 unspecified atom stereocenters. The number of hydrogen-bond donors (Lipinski definition) is 3. The molecule has 3 heterocycles. The summed E-state index contributed by atoms with van der Waals surface area (Å²) in [7, 11) is 0. The van der Waals surface area contributed by atoms with Crippen LogP contribution in [-0.2, 0) is 14.3 Å². The van der Waals surface area contributed by atoms with Gasteiger partial charge in [0.05, 0.1) is 53.0 Å². The SMILES string of the molecule is C/C(=C\c1csc(C)n1)[C@H]1NC(=O)C[C@H](O)C(C)(C)C(=O)[C@H](C)[C@@H](O)[C@@H](C)CCC[C@H]2O[C@H]2[C@@H]1C. The Labute approximate surface area is 213 Å². The Bertz CT molecular complexity index is 942. The molecule has 196 valence electrons. The van der Waals surface area contributed by atoms with Gasteiger partial charge >= 0.3 is 0 Å². The smallest absolute Gasteiger partial charge is 0.223 e. The molecule has 3 N–H and O–H groups in total. The Hall–Kier alpha value is -1.61. The minimum Gasteiger partial charge on any atom is -0.392 e. The second-order valence-electron chi connectivity index (χ2n) is 11.2. The molecule has 7 nitrogen and oxygen atoms in total. The van der Waals surface area contributed by atoms with Gasteiger partial charge in [-0.3, -0.25) is 9.59 Å². The lowest BCUT2D eigenvalue weighted by atomic mass is 9.73. The zero-order valence-electron chi connectivity index (χ0n) is 22.1. The van der Waals surface area contributed by atoms with Crippen LogP contribution in [0.15, 0.2) is 11.0 Å². The van der Waals surface area contributed by atoms with E-state index < -0.39 is 23.5 Å². The number of aliphatic hydroxyl groups excluding tert-OH is 2. The molecule has 8 heteroatoms. The van der Waals surface area contributed by atoms with Crippen molar-refractivity contribution in [3.8, 4) is 0 Å². The lowest BCUT2D eigenvalue weighted by Crippen LogP contribution is -2.48. The fourth-order valence-electron chi connectivity index (χ4n) is 5.34. The summed E-state index contributed by atoms with van der Waals surface area (Å²) in [6, 6.07) is -0.280. The van der Waals surface area contributed by atoms with E-state index >= 15 is 0 Å². The standard InChI is InChI=1S/C27H42N2O5S/c1-14-9-8-10-20-25(34-20)16(3)23(15(2)11-19-13-35-18(5)28-19)29-22(31)12-21(30)27(6,7)26(33)17(4)24(14)32/h11,13-14,16-17,20-21,23-25,30,32H,8-10,12H2,1-7H3,(H,29,31)/b15-11+/t14-,16+,17+,20+,21-,23+,24-,25-/m0/s1. The van der Waals surface area contributed by atoms with Crippen molar-refractivity contribution in [1.29, 1.82) is 0 Å². The molecule has 1 aromatic rings. The Morgan fingerprint density at radius 2 is 1.91 bits per heavy atom. The molecule has 0 aromatic carbocycles. The van der Waals surface area contributed by atoms with Crippen LogP contribution < -0.4 is 5.32 Å². The van der Waals surface area contributed by atoms with Crippen LogP contribution in [0.3, 0.4) is 0 Å². The first kappa shape index (κ1) is 28.0. The first-order valence-corrected chi connectivity index (χ1v) is 13.7. The molecule has 0 radical (unpaired) electrons. The number of nitrogens with zero attached hydrogens (tertiary/aromatic N) is 1. The molecule has 2 aliphatic heterocycles. The maximum Gasteiger partial charge on any atom is 0.223 e. The van der Waals surface area contributed by atoms with E-state index in [1.807, 2.05) is 32.2 Å². The third kappa shape index (κ3) is 6.59. The van der Waals surface area contributed by atoms with Gasteiger partial charge in [-0.25, -0.2) is 4.98 Å². The zero-order valence-corrected chi connectivity index (χ0v) is 22.9. The Balaban J connectivity index is 1.87. The summed E-state index contributed by atoms with van der Waals surface area (Å²) in [5.41, 5.74) is 0.672. The molecular weight excluding hydrogens is 464 g/mol. The van der Waals surface area contributed by atoms with E-state index in [4.69, 9.17) is 4.74 Å². The summed E-state index contributed by atoms with van der Waals surface area (Å²) in [6.45, 7) is 13.0. The molecule has 0 saturated carbocycles. The predicted octanol–water partition coefficient (Wildman–Crippen LogP) is 3.91. The number of aromatic nitrogens is 1. The first-order chi connectivity index (χ1) is 16.3. The van der Waals surface area contributed by atoms with E-state index in [1.54, 1.807) is 32.1 Å². The quantitative estimate of drug-likeness (QED) is 0.525. The molecular formula is C27H42N2O5S. The number of aliphatic hydroxyl groups is 2. The lowest BCUT2D eigenvalue weighted by molar-refractivity contribution is -0.143.